The highest BCUT2D eigenvalue weighted by Crippen LogP contribution is 2.40. The number of aliphatic hydroxyl groups is 1. The number of Topliss-reactive ketones (excluding diaryl/α,β-unsaturated/α-hetero) is 1. The molecule has 0 saturated carbocycles. The van der Waals surface area contributed by atoms with Gasteiger partial charge in [-0.2, -0.15) is 0 Å². The standard InChI is InChI=1S/C19H25NO2/c1-19(2)12-16(21)18(17(22)13-19)15(10-11-20(3)4)14-8-6-5-7-9-14/h5-10,21H,11-13H2,1-4H3/b15-10-. The number of carbonyl (C=O) groups excluding carboxylic acids is 1. The van der Waals surface area contributed by atoms with Crippen molar-refractivity contribution in [1.29, 1.82) is 0 Å². The first-order chi connectivity index (χ1) is 10.3. The van der Waals surface area contributed by atoms with E-state index in [9.17, 15) is 9.90 Å². The lowest BCUT2D eigenvalue weighted by Crippen LogP contribution is -2.26. The number of hydrogen-bond acceptors (Lipinski definition) is 3. The highest BCUT2D eigenvalue weighted by molar-refractivity contribution is 6.11. The van der Waals surface area contributed by atoms with Crippen molar-refractivity contribution in [1.82, 2.24) is 4.90 Å². The lowest BCUT2D eigenvalue weighted by molar-refractivity contribution is -0.118. The number of likely N-dealkylation sites (N-methyl/N-ethyl adjacent to an activating group) is 1. The Morgan fingerprint density at radius 1 is 1.23 bits per heavy atom. The second-order valence-corrected chi connectivity index (χ2v) is 7.01. The molecule has 0 aliphatic heterocycles. The van der Waals surface area contributed by atoms with Crippen LogP contribution in [0.5, 0.6) is 0 Å². The summed E-state index contributed by atoms with van der Waals surface area (Å²) in [5.74, 6) is 0.248. The van der Waals surface area contributed by atoms with Gasteiger partial charge in [-0.1, -0.05) is 50.3 Å². The Morgan fingerprint density at radius 3 is 2.41 bits per heavy atom. The number of ketones is 1. The Balaban J connectivity index is 2.50. The molecular weight excluding hydrogens is 274 g/mol. The number of rotatable bonds is 4. The van der Waals surface area contributed by atoms with Crippen molar-refractivity contribution in [2.45, 2.75) is 26.7 Å². The molecule has 0 spiro atoms. The Bertz CT molecular complexity index is 610. The molecular formula is C19H25NO2. The molecule has 0 atom stereocenters. The molecule has 0 amide bonds. The topological polar surface area (TPSA) is 40.5 Å². The molecule has 3 heteroatoms. The Hall–Kier alpha value is -1.87. The third-order valence-corrected chi connectivity index (χ3v) is 3.87. The summed E-state index contributed by atoms with van der Waals surface area (Å²) in [6.45, 7) is 4.75. The fourth-order valence-corrected chi connectivity index (χ4v) is 2.85. The summed E-state index contributed by atoms with van der Waals surface area (Å²) >= 11 is 0. The predicted octanol–water partition coefficient (Wildman–Crippen LogP) is 3.83. The molecule has 1 aliphatic carbocycles. The second kappa shape index (κ2) is 6.49. The van der Waals surface area contributed by atoms with Gasteiger partial charge in [0.05, 0.1) is 5.57 Å². The summed E-state index contributed by atoms with van der Waals surface area (Å²) in [6.07, 6.45) is 3.04. The maximum atomic E-state index is 12.6. The molecule has 0 fully saturated rings. The van der Waals surface area contributed by atoms with Gasteiger partial charge in [0.2, 0.25) is 0 Å². The Morgan fingerprint density at radius 2 is 1.86 bits per heavy atom. The molecule has 1 aromatic rings. The van der Waals surface area contributed by atoms with Gasteiger partial charge in [0, 0.05) is 19.4 Å². The van der Waals surface area contributed by atoms with Crippen LogP contribution in [0.25, 0.3) is 5.57 Å². The van der Waals surface area contributed by atoms with E-state index in [1.54, 1.807) is 0 Å². The first-order valence-electron chi connectivity index (χ1n) is 7.66. The first-order valence-corrected chi connectivity index (χ1v) is 7.66. The first kappa shape index (κ1) is 16.5. The zero-order chi connectivity index (χ0) is 16.3. The fourth-order valence-electron chi connectivity index (χ4n) is 2.85. The van der Waals surface area contributed by atoms with Gasteiger partial charge in [0.15, 0.2) is 5.78 Å². The number of allylic oxidation sites excluding steroid dienone is 3. The average molecular weight is 299 g/mol. The number of hydrogen-bond donors (Lipinski definition) is 1. The van der Waals surface area contributed by atoms with E-state index >= 15 is 0 Å². The zero-order valence-corrected chi connectivity index (χ0v) is 13.9. The summed E-state index contributed by atoms with van der Waals surface area (Å²) in [5, 5.41) is 10.5. The average Bonchev–Trinajstić information content (AvgIpc) is 2.41. The minimum absolute atomic E-state index is 0.0302. The molecule has 0 heterocycles. The number of carbonyl (C=O) groups is 1. The monoisotopic (exact) mass is 299 g/mol. The van der Waals surface area contributed by atoms with Crippen molar-refractivity contribution >= 4 is 11.4 Å². The van der Waals surface area contributed by atoms with Crippen molar-refractivity contribution in [3.63, 3.8) is 0 Å². The molecule has 1 N–H and O–H groups in total. The quantitative estimate of drug-likeness (QED) is 0.918. The van der Waals surface area contributed by atoms with Crippen molar-refractivity contribution in [3.05, 3.63) is 53.3 Å². The van der Waals surface area contributed by atoms with E-state index in [0.717, 1.165) is 17.7 Å². The summed E-state index contributed by atoms with van der Waals surface area (Å²) in [6, 6.07) is 9.82. The molecule has 118 valence electrons. The van der Waals surface area contributed by atoms with Crippen molar-refractivity contribution < 1.29 is 9.90 Å². The van der Waals surface area contributed by atoms with Crippen molar-refractivity contribution in [2.75, 3.05) is 20.6 Å². The van der Waals surface area contributed by atoms with Gasteiger partial charge < -0.3 is 10.0 Å². The Kier molecular flexibility index (Phi) is 4.87. The van der Waals surface area contributed by atoms with Crippen LogP contribution >= 0.6 is 0 Å². The van der Waals surface area contributed by atoms with Gasteiger partial charge in [-0.3, -0.25) is 4.79 Å². The second-order valence-electron chi connectivity index (χ2n) is 7.01. The minimum atomic E-state index is -0.173. The van der Waals surface area contributed by atoms with Crippen LogP contribution in [0.4, 0.5) is 0 Å². The van der Waals surface area contributed by atoms with E-state index in [-0.39, 0.29) is 17.0 Å². The molecule has 0 saturated heterocycles. The largest absolute Gasteiger partial charge is 0.512 e. The lowest BCUT2D eigenvalue weighted by atomic mass is 9.74. The summed E-state index contributed by atoms with van der Waals surface area (Å²) < 4.78 is 0. The molecule has 22 heavy (non-hydrogen) atoms. The van der Waals surface area contributed by atoms with Crippen LogP contribution in [0.2, 0.25) is 0 Å². The number of nitrogens with zero attached hydrogens (tertiary/aromatic N) is 1. The van der Waals surface area contributed by atoms with E-state index in [1.165, 1.54) is 0 Å². The SMILES string of the molecule is CN(C)C/C=C(\C1=C(O)CC(C)(C)CC1=O)c1ccccc1. The smallest absolute Gasteiger partial charge is 0.167 e. The molecule has 0 unspecified atom stereocenters. The normalized spacial score (nSPS) is 19.0. The van der Waals surface area contributed by atoms with E-state index in [4.69, 9.17) is 0 Å². The molecule has 0 radical (unpaired) electrons. The van der Waals surface area contributed by atoms with Crippen LogP contribution < -0.4 is 0 Å². The number of aliphatic hydroxyl groups excluding tert-OH is 1. The third-order valence-electron chi connectivity index (χ3n) is 3.87. The number of benzene rings is 1. The molecule has 3 nitrogen and oxygen atoms in total. The summed E-state index contributed by atoms with van der Waals surface area (Å²) in [7, 11) is 3.97. The van der Waals surface area contributed by atoms with Gasteiger partial charge in [-0.15, -0.1) is 0 Å². The van der Waals surface area contributed by atoms with Crippen LogP contribution in [0.15, 0.2) is 47.7 Å². The molecule has 0 aromatic heterocycles. The van der Waals surface area contributed by atoms with Crippen LogP contribution in [-0.4, -0.2) is 36.4 Å². The van der Waals surface area contributed by atoms with Gasteiger partial charge >= 0.3 is 0 Å². The molecule has 0 bridgehead atoms. The van der Waals surface area contributed by atoms with E-state index in [2.05, 4.69) is 0 Å². The highest BCUT2D eigenvalue weighted by atomic mass is 16.3. The zero-order valence-electron chi connectivity index (χ0n) is 13.9. The van der Waals surface area contributed by atoms with Crippen LogP contribution in [0.1, 0.15) is 32.3 Å². The fraction of sp³-hybridized carbons (Fsp3) is 0.421. The van der Waals surface area contributed by atoms with E-state index in [1.807, 2.05) is 69.3 Å². The summed E-state index contributed by atoms with van der Waals surface area (Å²) in [5.41, 5.74) is 2.13. The van der Waals surface area contributed by atoms with Crippen LogP contribution in [-0.2, 0) is 4.79 Å². The maximum absolute atomic E-state index is 12.6. The van der Waals surface area contributed by atoms with Crippen LogP contribution in [0.3, 0.4) is 0 Å². The Labute approximate surface area is 133 Å². The van der Waals surface area contributed by atoms with Gasteiger partial charge in [-0.05, 0) is 30.6 Å². The van der Waals surface area contributed by atoms with E-state index in [0.29, 0.717) is 18.4 Å². The van der Waals surface area contributed by atoms with E-state index < -0.39 is 0 Å². The van der Waals surface area contributed by atoms with Gasteiger partial charge in [-0.25, -0.2) is 0 Å². The molecule has 2 rings (SSSR count). The van der Waals surface area contributed by atoms with Gasteiger partial charge in [0.25, 0.3) is 0 Å². The summed E-state index contributed by atoms with van der Waals surface area (Å²) in [4.78, 5) is 14.6. The van der Waals surface area contributed by atoms with Gasteiger partial charge in [0.1, 0.15) is 5.76 Å². The van der Waals surface area contributed by atoms with Crippen molar-refractivity contribution in [3.8, 4) is 0 Å². The van der Waals surface area contributed by atoms with Crippen molar-refractivity contribution in [2.24, 2.45) is 5.41 Å². The van der Waals surface area contributed by atoms with Crippen LogP contribution in [0, 0.1) is 5.41 Å². The molecule has 1 aromatic carbocycles. The lowest BCUT2D eigenvalue weighted by Gasteiger charge is -2.30. The molecule has 1 aliphatic rings. The highest BCUT2D eigenvalue weighted by Gasteiger charge is 2.34. The third kappa shape index (κ3) is 3.86. The minimum Gasteiger partial charge on any atom is -0.512 e. The predicted molar refractivity (Wildman–Crippen MR) is 90.6 cm³/mol. The maximum Gasteiger partial charge on any atom is 0.167 e.